The van der Waals surface area contributed by atoms with Crippen LogP contribution in [0.2, 0.25) is 0 Å². The van der Waals surface area contributed by atoms with Gasteiger partial charge in [-0.1, -0.05) is 24.3 Å². The molecule has 0 radical (unpaired) electrons. The van der Waals surface area contributed by atoms with Crippen molar-refractivity contribution in [2.45, 2.75) is 12.5 Å². The second-order valence-corrected chi connectivity index (χ2v) is 6.49. The van der Waals surface area contributed by atoms with E-state index in [0.29, 0.717) is 24.3 Å². The quantitative estimate of drug-likeness (QED) is 0.662. The average Bonchev–Trinajstić information content (AvgIpc) is 3.18. The fraction of sp³-hybridized carbons (Fsp3) is 0.150. The summed E-state index contributed by atoms with van der Waals surface area (Å²) in [5.41, 5.74) is 0.561. The number of carbonyl (C=O) groups excluding carboxylic acids is 1. The number of aliphatic hydroxyl groups excluding tert-OH is 1. The highest BCUT2D eigenvalue weighted by molar-refractivity contribution is 7.10. The third-order valence-corrected chi connectivity index (χ3v) is 4.64. The van der Waals surface area contributed by atoms with Gasteiger partial charge in [-0.2, -0.15) is 0 Å². The van der Waals surface area contributed by atoms with Crippen LogP contribution in [0.15, 0.2) is 72.1 Å². The summed E-state index contributed by atoms with van der Waals surface area (Å²) in [6.45, 7) is 0.417. The molecule has 3 rings (SSSR count). The van der Waals surface area contributed by atoms with Crippen LogP contribution in [-0.2, 0) is 0 Å². The van der Waals surface area contributed by atoms with Gasteiger partial charge in [0.15, 0.2) is 0 Å². The summed E-state index contributed by atoms with van der Waals surface area (Å²) in [5.74, 6) is 1.27. The van der Waals surface area contributed by atoms with Crippen molar-refractivity contribution in [3.05, 3.63) is 82.6 Å². The van der Waals surface area contributed by atoms with Crippen molar-refractivity contribution < 1.29 is 14.6 Å². The molecule has 1 unspecified atom stereocenters. The van der Waals surface area contributed by atoms with Crippen molar-refractivity contribution in [1.29, 1.82) is 0 Å². The second-order valence-electron chi connectivity index (χ2n) is 5.52. The van der Waals surface area contributed by atoms with Crippen molar-refractivity contribution in [2.24, 2.45) is 0 Å². The number of amides is 1. The second kappa shape index (κ2) is 8.46. The van der Waals surface area contributed by atoms with Crippen LogP contribution in [0.1, 0.15) is 27.8 Å². The van der Waals surface area contributed by atoms with Crippen LogP contribution in [-0.4, -0.2) is 17.6 Å². The number of hydrogen-bond acceptors (Lipinski definition) is 4. The molecule has 0 aliphatic carbocycles. The summed E-state index contributed by atoms with van der Waals surface area (Å²) in [4.78, 5) is 13.1. The molecule has 25 heavy (non-hydrogen) atoms. The molecule has 0 spiro atoms. The lowest BCUT2D eigenvalue weighted by molar-refractivity contribution is 0.0943. The van der Waals surface area contributed by atoms with Crippen LogP contribution in [0.3, 0.4) is 0 Å². The SMILES string of the molecule is O=C(NCCC(O)c1cccs1)c1ccc(Oc2ccccc2)cc1. The predicted octanol–water partition coefficient (Wildman–Crippen LogP) is 4.39. The van der Waals surface area contributed by atoms with Gasteiger partial charge in [0, 0.05) is 17.0 Å². The molecule has 5 heteroatoms. The smallest absolute Gasteiger partial charge is 0.251 e. The van der Waals surface area contributed by atoms with E-state index in [-0.39, 0.29) is 5.91 Å². The topological polar surface area (TPSA) is 58.6 Å². The Balaban J connectivity index is 1.49. The minimum Gasteiger partial charge on any atom is -0.457 e. The summed E-state index contributed by atoms with van der Waals surface area (Å²) < 4.78 is 5.70. The van der Waals surface area contributed by atoms with E-state index in [1.54, 1.807) is 24.3 Å². The first kappa shape index (κ1) is 17.2. The van der Waals surface area contributed by atoms with Gasteiger partial charge in [-0.05, 0) is 54.3 Å². The summed E-state index contributed by atoms with van der Waals surface area (Å²) in [6, 6.07) is 20.3. The molecule has 4 nitrogen and oxygen atoms in total. The lowest BCUT2D eigenvalue weighted by Gasteiger charge is -2.10. The Kier molecular flexibility index (Phi) is 5.82. The molecule has 3 aromatic rings. The molecular formula is C20H19NO3S. The molecule has 0 saturated carbocycles. The molecule has 2 N–H and O–H groups in total. The van der Waals surface area contributed by atoms with E-state index in [2.05, 4.69) is 5.32 Å². The summed E-state index contributed by atoms with van der Waals surface area (Å²) in [6.07, 6.45) is -0.0523. The van der Waals surface area contributed by atoms with Crippen LogP contribution in [0.4, 0.5) is 0 Å². The van der Waals surface area contributed by atoms with Crippen molar-refractivity contribution in [2.75, 3.05) is 6.54 Å². The zero-order chi connectivity index (χ0) is 17.5. The highest BCUT2D eigenvalue weighted by atomic mass is 32.1. The maximum absolute atomic E-state index is 12.2. The molecule has 1 atom stereocenters. The highest BCUT2D eigenvalue weighted by Gasteiger charge is 2.10. The van der Waals surface area contributed by atoms with Crippen molar-refractivity contribution in [3.8, 4) is 11.5 Å². The molecule has 1 amide bonds. The van der Waals surface area contributed by atoms with Gasteiger partial charge in [-0.25, -0.2) is 0 Å². The number of nitrogens with one attached hydrogen (secondary N) is 1. The Morgan fingerprint density at radius 3 is 2.40 bits per heavy atom. The normalized spacial score (nSPS) is 11.7. The Labute approximate surface area is 150 Å². The number of ether oxygens (including phenoxy) is 1. The monoisotopic (exact) mass is 353 g/mol. The molecule has 128 valence electrons. The van der Waals surface area contributed by atoms with Gasteiger partial charge >= 0.3 is 0 Å². The van der Waals surface area contributed by atoms with Gasteiger partial charge in [-0.15, -0.1) is 11.3 Å². The van der Waals surface area contributed by atoms with E-state index in [9.17, 15) is 9.90 Å². The maximum Gasteiger partial charge on any atom is 0.251 e. The largest absolute Gasteiger partial charge is 0.457 e. The molecule has 0 bridgehead atoms. The Morgan fingerprint density at radius 2 is 1.72 bits per heavy atom. The summed E-state index contributed by atoms with van der Waals surface area (Å²) >= 11 is 1.51. The van der Waals surface area contributed by atoms with Gasteiger partial charge in [0.05, 0.1) is 6.10 Å². The lowest BCUT2D eigenvalue weighted by Crippen LogP contribution is -2.25. The molecular weight excluding hydrogens is 334 g/mol. The lowest BCUT2D eigenvalue weighted by atomic mass is 10.2. The average molecular weight is 353 g/mol. The molecule has 1 aromatic heterocycles. The zero-order valence-corrected chi connectivity index (χ0v) is 14.4. The first-order valence-electron chi connectivity index (χ1n) is 8.05. The number of thiophene rings is 1. The molecule has 2 aromatic carbocycles. The van der Waals surface area contributed by atoms with Gasteiger partial charge in [0.1, 0.15) is 11.5 Å². The number of rotatable bonds is 7. The molecule has 0 saturated heterocycles. The fourth-order valence-electron chi connectivity index (χ4n) is 2.35. The number of carbonyl (C=O) groups is 1. The van der Waals surface area contributed by atoms with Crippen LogP contribution in [0.25, 0.3) is 0 Å². The van der Waals surface area contributed by atoms with Crippen LogP contribution < -0.4 is 10.1 Å². The van der Waals surface area contributed by atoms with Gasteiger partial charge < -0.3 is 15.2 Å². The molecule has 1 heterocycles. The van der Waals surface area contributed by atoms with E-state index >= 15 is 0 Å². The minimum absolute atomic E-state index is 0.162. The number of aliphatic hydroxyl groups is 1. The maximum atomic E-state index is 12.2. The number of hydrogen-bond donors (Lipinski definition) is 2. The minimum atomic E-state index is -0.540. The Bertz CT molecular complexity index is 786. The molecule has 0 aliphatic rings. The standard InChI is InChI=1S/C20H19NO3S/c22-18(19-7-4-14-25-19)12-13-21-20(23)15-8-10-17(11-9-15)24-16-5-2-1-3-6-16/h1-11,14,18,22H,12-13H2,(H,21,23). The Hall–Kier alpha value is -2.63. The van der Waals surface area contributed by atoms with Gasteiger partial charge in [0.25, 0.3) is 5.91 Å². The fourth-order valence-corrected chi connectivity index (χ4v) is 3.09. The zero-order valence-electron chi connectivity index (χ0n) is 13.6. The van der Waals surface area contributed by atoms with E-state index in [1.165, 1.54) is 11.3 Å². The summed E-state index contributed by atoms with van der Waals surface area (Å²) in [5, 5.41) is 14.8. The predicted molar refractivity (Wildman–Crippen MR) is 99.2 cm³/mol. The number of para-hydroxylation sites is 1. The van der Waals surface area contributed by atoms with E-state index in [0.717, 1.165) is 10.6 Å². The van der Waals surface area contributed by atoms with E-state index in [4.69, 9.17) is 4.74 Å². The third kappa shape index (κ3) is 4.92. The van der Waals surface area contributed by atoms with Crippen molar-refractivity contribution in [1.82, 2.24) is 5.32 Å². The van der Waals surface area contributed by atoms with Crippen molar-refractivity contribution >= 4 is 17.2 Å². The van der Waals surface area contributed by atoms with Gasteiger partial charge in [-0.3, -0.25) is 4.79 Å². The van der Waals surface area contributed by atoms with Crippen LogP contribution in [0.5, 0.6) is 11.5 Å². The van der Waals surface area contributed by atoms with E-state index in [1.807, 2.05) is 47.8 Å². The first-order chi connectivity index (χ1) is 12.2. The third-order valence-electron chi connectivity index (χ3n) is 3.67. The van der Waals surface area contributed by atoms with Crippen LogP contribution in [0, 0.1) is 0 Å². The highest BCUT2D eigenvalue weighted by Crippen LogP contribution is 2.22. The van der Waals surface area contributed by atoms with Crippen molar-refractivity contribution in [3.63, 3.8) is 0 Å². The summed E-state index contributed by atoms with van der Waals surface area (Å²) in [7, 11) is 0. The van der Waals surface area contributed by atoms with E-state index < -0.39 is 6.10 Å². The van der Waals surface area contributed by atoms with Gasteiger partial charge in [0.2, 0.25) is 0 Å². The molecule has 0 fully saturated rings. The Morgan fingerprint density at radius 1 is 1.00 bits per heavy atom. The van der Waals surface area contributed by atoms with Crippen LogP contribution >= 0.6 is 11.3 Å². The molecule has 0 aliphatic heterocycles. The number of benzene rings is 2. The first-order valence-corrected chi connectivity index (χ1v) is 8.93.